The first kappa shape index (κ1) is 12.1. The Labute approximate surface area is 101 Å². The van der Waals surface area contributed by atoms with E-state index in [-0.39, 0.29) is 0 Å². The van der Waals surface area contributed by atoms with E-state index in [1.54, 1.807) is 18.2 Å². The highest BCUT2D eigenvalue weighted by atomic mass is 16.5. The van der Waals surface area contributed by atoms with Gasteiger partial charge in [0.1, 0.15) is 0 Å². The zero-order chi connectivity index (χ0) is 12.3. The number of rotatable bonds is 2. The van der Waals surface area contributed by atoms with Crippen LogP contribution in [0.15, 0.2) is 24.3 Å². The molecule has 1 saturated heterocycles. The molecule has 0 saturated carbocycles. The molecule has 0 unspecified atom stereocenters. The Hall–Kier alpha value is -1.35. The van der Waals surface area contributed by atoms with Crippen molar-refractivity contribution in [2.24, 2.45) is 0 Å². The van der Waals surface area contributed by atoms with E-state index < -0.39 is 12.5 Å². The summed E-state index contributed by atoms with van der Waals surface area (Å²) in [7, 11) is -1.49. The van der Waals surface area contributed by atoms with Gasteiger partial charge in [-0.15, -0.1) is 0 Å². The quantitative estimate of drug-likeness (QED) is 0.699. The van der Waals surface area contributed by atoms with Crippen molar-refractivity contribution in [1.29, 1.82) is 5.26 Å². The topological polar surface area (TPSA) is 73.5 Å². The van der Waals surface area contributed by atoms with Crippen LogP contribution in [0, 0.1) is 11.3 Å². The van der Waals surface area contributed by atoms with Gasteiger partial charge in [-0.1, -0.05) is 24.3 Å². The van der Waals surface area contributed by atoms with Crippen LogP contribution in [0.2, 0.25) is 0 Å². The smallest absolute Gasteiger partial charge is 0.423 e. The van der Waals surface area contributed by atoms with E-state index in [0.29, 0.717) is 31.5 Å². The van der Waals surface area contributed by atoms with Crippen molar-refractivity contribution in [1.82, 2.24) is 0 Å². The SMILES string of the molecule is N#CC1(c2cccc(B(O)O)c2)CCOCC1. The molecule has 5 heteroatoms. The van der Waals surface area contributed by atoms with Gasteiger partial charge in [-0.05, 0) is 23.9 Å². The van der Waals surface area contributed by atoms with Crippen molar-refractivity contribution < 1.29 is 14.8 Å². The molecule has 0 bridgehead atoms. The summed E-state index contributed by atoms with van der Waals surface area (Å²) in [5.41, 5.74) is 0.709. The molecule has 0 radical (unpaired) electrons. The molecule has 2 rings (SSSR count). The first-order valence-electron chi connectivity index (χ1n) is 5.63. The standard InChI is InChI=1S/C12H14BNO3/c14-9-12(4-6-17-7-5-12)10-2-1-3-11(8-10)13(15)16/h1-3,8,15-16H,4-7H2. The Morgan fingerprint density at radius 2 is 2.00 bits per heavy atom. The molecule has 1 fully saturated rings. The van der Waals surface area contributed by atoms with Gasteiger partial charge in [0.05, 0.1) is 11.5 Å². The number of hydrogen-bond donors (Lipinski definition) is 2. The number of benzene rings is 1. The van der Waals surface area contributed by atoms with Gasteiger partial charge in [0.15, 0.2) is 0 Å². The summed E-state index contributed by atoms with van der Waals surface area (Å²) >= 11 is 0. The Bertz CT molecular complexity index is 436. The summed E-state index contributed by atoms with van der Waals surface area (Å²) in [5.74, 6) is 0. The van der Waals surface area contributed by atoms with E-state index in [1.807, 2.05) is 6.07 Å². The van der Waals surface area contributed by atoms with Gasteiger partial charge in [-0.25, -0.2) is 0 Å². The van der Waals surface area contributed by atoms with Gasteiger partial charge in [0.2, 0.25) is 0 Å². The van der Waals surface area contributed by atoms with Crippen molar-refractivity contribution in [3.05, 3.63) is 29.8 Å². The molecular weight excluding hydrogens is 217 g/mol. The van der Waals surface area contributed by atoms with Crippen LogP contribution in [0.5, 0.6) is 0 Å². The predicted molar refractivity (Wildman–Crippen MR) is 63.6 cm³/mol. The fourth-order valence-electron chi connectivity index (χ4n) is 2.18. The molecule has 88 valence electrons. The Morgan fingerprint density at radius 1 is 1.29 bits per heavy atom. The molecule has 1 aromatic rings. The molecule has 0 atom stereocenters. The van der Waals surface area contributed by atoms with E-state index >= 15 is 0 Å². The highest BCUT2D eigenvalue weighted by Gasteiger charge is 2.35. The summed E-state index contributed by atoms with van der Waals surface area (Å²) < 4.78 is 5.28. The summed E-state index contributed by atoms with van der Waals surface area (Å²) in [6, 6.07) is 9.30. The molecule has 1 aromatic carbocycles. The van der Waals surface area contributed by atoms with Crippen molar-refractivity contribution in [2.45, 2.75) is 18.3 Å². The van der Waals surface area contributed by atoms with Gasteiger partial charge in [0.25, 0.3) is 0 Å². The molecule has 2 N–H and O–H groups in total. The lowest BCUT2D eigenvalue weighted by atomic mass is 9.72. The number of ether oxygens (including phenoxy) is 1. The average molecular weight is 231 g/mol. The van der Waals surface area contributed by atoms with E-state index in [9.17, 15) is 5.26 Å². The first-order chi connectivity index (χ1) is 8.18. The second kappa shape index (κ2) is 4.88. The van der Waals surface area contributed by atoms with Crippen LogP contribution in [-0.4, -0.2) is 30.4 Å². The second-order valence-corrected chi connectivity index (χ2v) is 4.31. The fourth-order valence-corrected chi connectivity index (χ4v) is 2.18. The molecule has 0 aliphatic carbocycles. The average Bonchev–Trinajstić information content (AvgIpc) is 2.39. The van der Waals surface area contributed by atoms with Crippen LogP contribution < -0.4 is 5.46 Å². The molecular formula is C12H14BNO3. The summed E-state index contributed by atoms with van der Waals surface area (Å²) in [6.45, 7) is 1.14. The summed E-state index contributed by atoms with van der Waals surface area (Å²) in [4.78, 5) is 0. The highest BCUT2D eigenvalue weighted by Crippen LogP contribution is 2.33. The van der Waals surface area contributed by atoms with E-state index in [1.165, 1.54) is 0 Å². The molecule has 17 heavy (non-hydrogen) atoms. The van der Waals surface area contributed by atoms with Gasteiger partial charge >= 0.3 is 7.12 Å². The minimum absolute atomic E-state index is 0.420. The van der Waals surface area contributed by atoms with Crippen molar-refractivity contribution in [2.75, 3.05) is 13.2 Å². The third-order valence-electron chi connectivity index (χ3n) is 3.30. The Kier molecular flexibility index (Phi) is 3.48. The molecule has 4 nitrogen and oxygen atoms in total. The van der Waals surface area contributed by atoms with Crippen molar-refractivity contribution in [3.8, 4) is 6.07 Å². The number of nitrogens with zero attached hydrogens (tertiary/aromatic N) is 1. The van der Waals surface area contributed by atoms with Crippen LogP contribution in [-0.2, 0) is 10.2 Å². The van der Waals surface area contributed by atoms with Gasteiger partial charge in [-0.3, -0.25) is 0 Å². The lowest BCUT2D eigenvalue weighted by Crippen LogP contribution is -2.35. The maximum absolute atomic E-state index is 9.39. The van der Waals surface area contributed by atoms with Gasteiger partial charge in [0, 0.05) is 13.2 Å². The van der Waals surface area contributed by atoms with E-state index in [0.717, 1.165) is 5.56 Å². The minimum Gasteiger partial charge on any atom is -0.423 e. The molecule has 1 aliphatic heterocycles. The largest absolute Gasteiger partial charge is 0.488 e. The van der Waals surface area contributed by atoms with Crippen LogP contribution in [0.4, 0.5) is 0 Å². The van der Waals surface area contributed by atoms with Crippen LogP contribution in [0.1, 0.15) is 18.4 Å². The molecule has 0 aromatic heterocycles. The Balaban J connectivity index is 2.37. The Morgan fingerprint density at radius 3 is 2.59 bits per heavy atom. The number of nitriles is 1. The molecule has 0 spiro atoms. The zero-order valence-corrected chi connectivity index (χ0v) is 9.47. The minimum atomic E-state index is -1.49. The van der Waals surface area contributed by atoms with Gasteiger partial charge < -0.3 is 14.8 Å². The zero-order valence-electron chi connectivity index (χ0n) is 9.47. The fraction of sp³-hybridized carbons (Fsp3) is 0.417. The van der Waals surface area contributed by atoms with E-state index in [2.05, 4.69) is 6.07 Å². The summed E-state index contributed by atoms with van der Waals surface area (Å²) in [5, 5.41) is 27.7. The van der Waals surface area contributed by atoms with Crippen molar-refractivity contribution >= 4 is 12.6 Å². The lowest BCUT2D eigenvalue weighted by molar-refractivity contribution is 0.0675. The monoisotopic (exact) mass is 231 g/mol. The maximum atomic E-state index is 9.39. The molecule has 0 amide bonds. The summed E-state index contributed by atoms with van der Waals surface area (Å²) in [6.07, 6.45) is 1.29. The van der Waals surface area contributed by atoms with Crippen LogP contribution in [0.25, 0.3) is 0 Å². The second-order valence-electron chi connectivity index (χ2n) is 4.31. The molecule has 1 aliphatic rings. The first-order valence-corrected chi connectivity index (χ1v) is 5.63. The van der Waals surface area contributed by atoms with Crippen LogP contribution in [0.3, 0.4) is 0 Å². The predicted octanol–water partition coefficient (Wildman–Crippen LogP) is -0.0618. The normalized spacial score (nSPS) is 18.4. The highest BCUT2D eigenvalue weighted by molar-refractivity contribution is 6.58. The third kappa shape index (κ3) is 2.34. The molecule has 1 heterocycles. The maximum Gasteiger partial charge on any atom is 0.488 e. The lowest BCUT2D eigenvalue weighted by Gasteiger charge is -2.31. The third-order valence-corrected chi connectivity index (χ3v) is 3.30. The van der Waals surface area contributed by atoms with Crippen molar-refractivity contribution in [3.63, 3.8) is 0 Å². The number of hydrogen-bond acceptors (Lipinski definition) is 4. The van der Waals surface area contributed by atoms with E-state index in [4.69, 9.17) is 14.8 Å². The van der Waals surface area contributed by atoms with Crippen LogP contribution >= 0.6 is 0 Å². The van der Waals surface area contributed by atoms with Gasteiger partial charge in [-0.2, -0.15) is 5.26 Å².